The normalized spacial score (nSPS) is 11.1. The molecule has 1 aromatic rings. The topological polar surface area (TPSA) is 60.5 Å². The third kappa shape index (κ3) is 2.72. The first-order valence-electron chi connectivity index (χ1n) is 4.47. The highest BCUT2D eigenvalue weighted by Gasteiger charge is 2.39. The predicted octanol–water partition coefficient (Wildman–Crippen LogP) is 2.98. The highest BCUT2D eigenvalue weighted by molar-refractivity contribution is 5.43. The molecule has 0 atom stereocenters. The van der Waals surface area contributed by atoms with Gasteiger partial charge in [0.25, 0.3) is 6.43 Å². The summed E-state index contributed by atoms with van der Waals surface area (Å²) in [5.74, 6) is 0. The monoisotopic (exact) mass is 261 g/mol. The maximum atomic E-state index is 12.6. The first-order valence-corrected chi connectivity index (χ1v) is 4.47. The minimum Gasteiger partial charge on any atom is -0.247 e. The zero-order valence-electron chi connectivity index (χ0n) is 8.59. The second-order valence-corrected chi connectivity index (χ2v) is 3.17. The van der Waals surface area contributed by atoms with E-state index in [4.69, 9.17) is 10.5 Å². The van der Waals surface area contributed by atoms with Gasteiger partial charge >= 0.3 is 6.18 Å². The molecule has 0 bridgehead atoms. The summed E-state index contributed by atoms with van der Waals surface area (Å²) in [5.41, 5.74) is -4.46. The van der Waals surface area contributed by atoms with Gasteiger partial charge in [-0.15, -0.1) is 0 Å². The van der Waals surface area contributed by atoms with E-state index in [9.17, 15) is 22.0 Å². The lowest BCUT2D eigenvalue weighted by Crippen LogP contribution is -2.15. The van der Waals surface area contributed by atoms with Gasteiger partial charge in [-0.2, -0.15) is 23.7 Å². The molecular weight excluding hydrogens is 257 g/mol. The van der Waals surface area contributed by atoms with Gasteiger partial charge in [-0.05, 0) is 6.07 Å². The van der Waals surface area contributed by atoms with Crippen LogP contribution in [-0.2, 0) is 12.6 Å². The lowest BCUT2D eigenvalue weighted by atomic mass is 10.0. The van der Waals surface area contributed by atoms with Crippen molar-refractivity contribution >= 4 is 0 Å². The Bertz CT molecular complexity index is 536. The summed E-state index contributed by atoms with van der Waals surface area (Å²) >= 11 is 0. The summed E-state index contributed by atoms with van der Waals surface area (Å²) in [6, 6.07) is 3.56. The first kappa shape index (κ1) is 13.8. The third-order valence-corrected chi connectivity index (χ3v) is 1.98. The molecule has 0 radical (unpaired) electrons. The number of hydrogen-bond acceptors (Lipinski definition) is 3. The number of alkyl halides is 5. The molecule has 0 aromatic carbocycles. The van der Waals surface area contributed by atoms with Crippen LogP contribution in [-0.4, -0.2) is 4.98 Å². The van der Waals surface area contributed by atoms with E-state index in [1.165, 1.54) is 12.1 Å². The van der Waals surface area contributed by atoms with Gasteiger partial charge in [0, 0.05) is 0 Å². The molecule has 0 N–H and O–H groups in total. The van der Waals surface area contributed by atoms with Crippen LogP contribution in [0.15, 0.2) is 6.07 Å². The van der Waals surface area contributed by atoms with Gasteiger partial charge in [-0.1, -0.05) is 0 Å². The van der Waals surface area contributed by atoms with Crippen LogP contribution in [0.1, 0.15) is 28.9 Å². The second-order valence-electron chi connectivity index (χ2n) is 3.17. The minimum absolute atomic E-state index is 0.370. The molecule has 1 heterocycles. The van der Waals surface area contributed by atoms with Crippen molar-refractivity contribution in [1.82, 2.24) is 4.98 Å². The van der Waals surface area contributed by atoms with E-state index in [1.54, 1.807) is 0 Å². The molecule has 18 heavy (non-hydrogen) atoms. The average molecular weight is 261 g/mol. The maximum absolute atomic E-state index is 12.6. The van der Waals surface area contributed by atoms with Crippen molar-refractivity contribution in [1.29, 1.82) is 10.5 Å². The van der Waals surface area contributed by atoms with Gasteiger partial charge in [0.1, 0.15) is 0 Å². The number of aromatic nitrogens is 1. The molecule has 0 aliphatic carbocycles. The van der Waals surface area contributed by atoms with E-state index in [0.717, 1.165) is 6.07 Å². The van der Waals surface area contributed by atoms with E-state index in [-0.39, 0.29) is 5.69 Å². The molecule has 1 rings (SSSR count). The fourth-order valence-electron chi connectivity index (χ4n) is 1.31. The van der Waals surface area contributed by atoms with Crippen LogP contribution in [0.25, 0.3) is 0 Å². The quantitative estimate of drug-likeness (QED) is 0.769. The molecule has 0 amide bonds. The number of rotatable bonds is 2. The largest absolute Gasteiger partial charge is 0.433 e. The maximum Gasteiger partial charge on any atom is 0.433 e. The Morgan fingerprint density at radius 2 is 1.89 bits per heavy atom. The summed E-state index contributed by atoms with van der Waals surface area (Å²) < 4.78 is 62.8. The van der Waals surface area contributed by atoms with E-state index >= 15 is 0 Å². The Morgan fingerprint density at radius 3 is 2.28 bits per heavy atom. The molecule has 8 heteroatoms. The molecule has 0 fully saturated rings. The number of nitrogens with zero attached hydrogens (tertiary/aromatic N) is 3. The Kier molecular flexibility index (Phi) is 3.82. The van der Waals surface area contributed by atoms with Crippen LogP contribution >= 0.6 is 0 Å². The molecule has 1 aromatic heterocycles. The molecule has 0 aliphatic rings. The van der Waals surface area contributed by atoms with Gasteiger partial charge in [-0.3, -0.25) is 0 Å². The predicted molar refractivity (Wildman–Crippen MR) is 48.2 cm³/mol. The highest BCUT2D eigenvalue weighted by Crippen LogP contribution is 2.37. The zero-order chi connectivity index (χ0) is 13.9. The number of hydrogen-bond donors (Lipinski definition) is 0. The summed E-state index contributed by atoms with van der Waals surface area (Å²) in [7, 11) is 0. The fraction of sp³-hybridized carbons (Fsp3) is 0.300. The molecular formula is C10H4F5N3. The van der Waals surface area contributed by atoms with Crippen molar-refractivity contribution in [3.05, 3.63) is 28.6 Å². The number of pyridine rings is 1. The molecule has 0 unspecified atom stereocenters. The molecule has 3 nitrogen and oxygen atoms in total. The molecule has 0 spiro atoms. The van der Waals surface area contributed by atoms with Gasteiger partial charge in [0.2, 0.25) is 0 Å². The zero-order valence-corrected chi connectivity index (χ0v) is 8.59. The van der Waals surface area contributed by atoms with E-state index in [1.807, 2.05) is 0 Å². The fourth-order valence-corrected chi connectivity index (χ4v) is 1.31. The van der Waals surface area contributed by atoms with Gasteiger partial charge < -0.3 is 0 Å². The smallest absolute Gasteiger partial charge is 0.247 e. The second kappa shape index (κ2) is 4.96. The lowest BCUT2D eigenvalue weighted by Gasteiger charge is -2.13. The van der Waals surface area contributed by atoms with E-state index in [2.05, 4.69) is 4.98 Å². The van der Waals surface area contributed by atoms with Crippen molar-refractivity contribution in [2.24, 2.45) is 0 Å². The summed E-state index contributed by atoms with van der Waals surface area (Å²) in [6.45, 7) is 0. The van der Waals surface area contributed by atoms with Crippen molar-refractivity contribution in [2.75, 3.05) is 0 Å². The third-order valence-electron chi connectivity index (χ3n) is 1.98. The Hall–Kier alpha value is -2.22. The Balaban J connectivity index is 3.60. The summed E-state index contributed by atoms with van der Waals surface area (Å²) in [5, 5.41) is 16.9. The van der Waals surface area contributed by atoms with Gasteiger partial charge in [0.15, 0.2) is 5.69 Å². The van der Waals surface area contributed by atoms with Crippen LogP contribution in [0.5, 0.6) is 0 Å². The highest BCUT2D eigenvalue weighted by atomic mass is 19.4. The number of nitriles is 2. The molecule has 0 saturated heterocycles. The van der Waals surface area contributed by atoms with Crippen LogP contribution in [0.3, 0.4) is 0 Å². The standard InChI is InChI=1S/C10H4F5N3/c11-9(12)7-5(4-17)3-6(1-2-16)18-8(7)10(13,14)15/h3,9H,1H2. The number of halogens is 5. The Labute approximate surface area is 98.1 Å². The minimum atomic E-state index is -5.11. The van der Waals surface area contributed by atoms with Crippen LogP contribution in [0, 0.1) is 22.7 Å². The summed E-state index contributed by atoms with van der Waals surface area (Å²) in [4.78, 5) is 2.98. The lowest BCUT2D eigenvalue weighted by molar-refractivity contribution is -0.143. The summed E-state index contributed by atoms with van der Waals surface area (Å²) in [6.07, 6.45) is -9.08. The van der Waals surface area contributed by atoms with Crippen molar-refractivity contribution in [3.8, 4) is 12.1 Å². The van der Waals surface area contributed by atoms with Crippen LogP contribution in [0.4, 0.5) is 22.0 Å². The van der Waals surface area contributed by atoms with E-state index in [0.29, 0.717) is 0 Å². The van der Waals surface area contributed by atoms with E-state index < -0.39 is 35.8 Å². The van der Waals surface area contributed by atoms with Crippen molar-refractivity contribution in [2.45, 2.75) is 19.0 Å². The van der Waals surface area contributed by atoms with Crippen LogP contribution in [0.2, 0.25) is 0 Å². The van der Waals surface area contributed by atoms with Gasteiger partial charge in [0.05, 0.1) is 35.4 Å². The average Bonchev–Trinajstić information content (AvgIpc) is 2.26. The Morgan fingerprint density at radius 1 is 1.28 bits per heavy atom. The van der Waals surface area contributed by atoms with Crippen molar-refractivity contribution < 1.29 is 22.0 Å². The molecule has 0 saturated carbocycles. The molecule has 0 aliphatic heterocycles. The SMILES string of the molecule is N#CCc1cc(C#N)c(C(F)F)c(C(F)(F)F)n1. The first-order chi connectivity index (χ1) is 8.31. The van der Waals surface area contributed by atoms with Crippen molar-refractivity contribution in [3.63, 3.8) is 0 Å². The van der Waals surface area contributed by atoms with Crippen LogP contribution < -0.4 is 0 Å². The molecule has 94 valence electrons. The van der Waals surface area contributed by atoms with Gasteiger partial charge in [-0.25, -0.2) is 13.8 Å².